The minimum atomic E-state index is 0.521. The maximum Gasteiger partial charge on any atom is 0.225 e. The molecule has 0 aliphatic carbocycles. The number of rotatable bonds is 3. The van der Waals surface area contributed by atoms with Crippen LogP contribution in [0.5, 0.6) is 0 Å². The van der Waals surface area contributed by atoms with Gasteiger partial charge < -0.3 is 5.32 Å². The molecular formula is C10H12ClN3S. The Kier molecular flexibility index (Phi) is 3.07. The van der Waals surface area contributed by atoms with E-state index in [9.17, 15) is 0 Å². The van der Waals surface area contributed by atoms with Crippen molar-refractivity contribution in [3.63, 3.8) is 0 Å². The van der Waals surface area contributed by atoms with Crippen molar-refractivity contribution in [3.05, 3.63) is 16.6 Å². The number of halogens is 1. The molecule has 0 radical (unpaired) electrons. The van der Waals surface area contributed by atoms with Gasteiger partial charge in [-0.05, 0) is 17.4 Å². The third-order valence-corrected chi connectivity index (χ3v) is 3.04. The van der Waals surface area contributed by atoms with E-state index in [0.717, 1.165) is 16.8 Å². The predicted molar refractivity (Wildman–Crippen MR) is 65.8 cm³/mol. The van der Waals surface area contributed by atoms with E-state index in [1.807, 2.05) is 11.4 Å². The molecule has 1 N–H and O–H groups in total. The summed E-state index contributed by atoms with van der Waals surface area (Å²) in [6, 6.07) is 1.94. The lowest BCUT2D eigenvalue weighted by molar-refractivity contribution is 0.685. The van der Waals surface area contributed by atoms with Gasteiger partial charge in [-0.15, -0.1) is 11.3 Å². The molecule has 0 aliphatic heterocycles. The fourth-order valence-corrected chi connectivity index (χ4v) is 2.25. The molecular weight excluding hydrogens is 230 g/mol. The van der Waals surface area contributed by atoms with Crippen molar-refractivity contribution in [2.45, 2.75) is 13.8 Å². The Balaban J connectivity index is 2.28. The molecule has 0 aliphatic rings. The molecule has 2 heterocycles. The summed E-state index contributed by atoms with van der Waals surface area (Å²) in [4.78, 5) is 9.51. The molecule has 2 rings (SSSR count). The van der Waals surface area contributed by atoms with Crippen LogP contribution in [0.25, 0.3) is 10.2 Å². The first-order chi connectivity index (χ1) is 7.16. The second-order valence-electron chi connectivity index (χ2n) is 3.75. The third-order valence-electron chi connectivity index (χ3n) is 1.95. The number of thiophene rings is 1. The molecule has 0 atom stereocenters. The highest BCUT2D eigenvalue weighted by atomic mass is 35.5. The molecule has 0 saturated heterocycles. The molecule has 5 heteroatoms. The summed E-state index contributed by atoms with van der Waals surface area (Å²) in [6.07, 6.45) is 0. The van der Waals surface area contributed by atoms with Crippen molar-refractivity contribution in [1.29, 1.82) is 0 Å². The highest BCUT2D eigenvalue weighted by Crippen LogP contribution is 2.25. The summed E-state index contributed by atoms with van der Waals surface area (Å²) in [5, 5.41) is 6.58. The van der Waals surface area contributed by atoms with Gasteiger partial charge in [0.15, 0.2) is 0 Å². The highest BCUT2D eigenvalue weighted by molar-refractivity contribution is 7.16. The van der Waals surface area contributed by atoms with Crippen LogP contribution in [0.1, 0.15) is 13.8 Å². The van der Waals surface area contributed by atoms with E-state index < -0.39 is 0 Å². The second-order valence-corrected chi connectivity index (χ2v) is 5.00. The van der Waals surface area contributed by atoms with E-state index in [-0.39, 0.29) is 0 Å². The van der Waals surface area contributed by atoms with Crippen molar-refractivity contribution in [2.75, 3.05) is 11.9 Å². The standard InChI is InChI=1S/C10H12ClN3S/c1-6(2)5-12-10-13-8(11)7-3-4-15-9(7)14-10/h3-4,6H,5H2,1-2H3,(H,12,13,14). The largest absolute Gasteiger partial charge is 0.354 e. The van der Waals surface area contributed by atoms with Crippen LogP contribution in [-0.2, 0) is 0 Å². The van der Waals surface area contributed by atoms with Crippen LogP contribution in [0.4, 0.5) is 5.95 Å². The minimum absolute atomic E-state index is 0.521. The van der Waals surface area contributed by atoms with E-state index in [1.165, 1.54) is 0 Å². The first-order valence-electron chi connectivity index (χ1n) is 4.81. The molecule has 2 aromatic rings. The Morgan fingerprint density at radius 3 is 3.00 bits per heavy atom. The monoisotopic (exact) mass is 241 g/mol. The lowest BCUT2D eigenvalue weighted by Gasteiger charge is -2.07. The summed E-state index contributed by atoms with van der Waals surface area (Å²) in [5.74, 6) is 1.18. The first-order valence-corrected chi connectivity index (χ1v) is 6.07. The van der Waals surface area contributed by atoms with Crippen molar-refractivity contribution in [1.82, 2.24) is 9.97 Å². The Morgan fingerprint density at radius 1 is 1.47 bits per heavy atom. The van der Waals surface area contributed by atoms with Gasteiger partial charge in [-0.2, -0.15) is 0 Å². The summed E-state index contributed by atoms with van der Waals surface area (Å²) in [5.41, 5.74) is 0. The average molecular weight is 242 g/mol. The lowest BCUT2D eigenvalue weighted by atomic mass is 10.2. The van der Waals surface area contributed by atoms with Crippen molar-refractivity contribution < 1.29 is 0 Å². The Labute approximate surface area is 97.5 Å². The van der Waals surface area contributed by atoms with E-state index in [2.05, 4.69) is 29.1 Å². The van der Waals surface area contributed by atoms with Gasteiger partial charge in [0, 0.05) is 11.9 Å². The van der Waals surface area contributed by atoms with E-state index in [4.69, 9.17) is 11.6 Å². The quantitative estimate of drug-likeness (QED) is 0.837. The molecule has 80 valence electrons. The predicted octanol–water partition coefficient (Wildman–Crippen LogP) is 3.41. The zero-order chi connectivity index (χ0) is 10.8. The van der Waals surface area contributed by atoms with Gasteiger partial charge in [0.25, 0.3) is 0 Å². The molecule has 0 fully saturated rings. The fourth-order valence-electron chi connectivity index (χ4n) is 1.19. The Hall–Kier alpha value is -0.870. The zero-order valence-electron chi connectivity index (χ0n) is 8.62. The number of hydrogen-bond donors (Lipinski definition) is 1. The number of anilines is 1. The van der Waals surface area contributed by atoms with Crippen LogP contribution < -0.4 is 5.32 Å². The van der Waals surface area contributed by atoms with Crippen molar-refractivity contribution >= 4 is 39.1 Å². The van der Waals surface area contributed by atoms with Gasteiger partial charge in [0.2, 0.25) is 5.95 Å². The molecule has 0 amide bonds. The van der Waals surface area contributed by atoms with E-state index in [0.29, 0.717) is 17.0 Å². The van der Waals surface area contributed by atoms with Crippen LogP contribution in [0.15, 0.2) is 11.4 Å². The molecule has 0 saturated carbocycles. The van der Waals surface area contributed by atoms with E-state index >= 15 is 0 Å². The average Bonchev–Trinajstić information content (AvgIpc) is 2.63. The van der Waals surface area contributed by atoms with E-state index in [1.54, 1.807) is 11.3 Å². The van der Waals surface area contributed by atoms with Gasteiger partial charge in [-0.25, -0.2) is 9.97 Å². The smallest absolute Gasteiger partial charge is 0.225 e. The number of aromatic nitrogens is 2. The van der Waals surface area contributed by atoms with Gasteiger partial charge in [0.05, 0.1) is 0 Å². The summed E-state index contributed by atoms with van der Waals surface area (Å²) < 4.78 is 0. The summed E-state index contributed by atoms with van der Waals surface area (Å²) in [6.45, 7) is 5.13. The van der Waals surface area contributed by atoms with Crippen LogP contribution in [-0.4, -0.2) is 16.5 Å². The molecule has 15 heavy (non-hydrogen) atoms. The van der Waals surface area contributed by atoms with Crippen LogP contribution in [0.3, 0.4) is 0 Å². The first kappa shape index (κ1) is 10.6. The number of fused-ring (bicyclic) bond motifs is 1. The SMILES string of the molecule is CC(C)CNc1nc(Cl)c2ccsc2n1. The molecule has 0 unspecified atom stereocenters. The van der Waals surface area contributed by atoms with Gasteiger partial charge in [0.1, 0.15) is 9.98 Å². The van der Waals surface area contributed by atoms with Crippen molar-refractivity contribution in [2.24, 2.45) is 5.92 Å². The van der Waals surface area contributed by atoms with Gasteiger partial charge in [-0.3, -0.25) is 0 Å². The second kappa shape index (κ2) is 4.33. The highest BCUT2D eigenvalue weighted by Gasteiger charge is 2.06. The Bertz CT molecular complexity index is 467. The summed E-state index contributed by atoms with van der Waals surface area (Å²) >= 11 is 7.61. The van der Waals surface area contributed by atoms with Gasteiger partial charge in [-0.1, -0.05) is 25.4 Å². The Morgan fingerprint density at radius 2 is 2.27 bits per heavy atom. The molecule has 2 aromatic heterocycles. The molecule has 0 aromatic carbocycles. The minimum Gasteiger partial charge on any atom is -0.354 e. The van der Waals surface area contributed by atoms with Gasteiger partial charge >= 0.3 is 0 Å². The lowest BCUT2D eigenvalue weighted by Crippen LogP contribution is -2.10. The molecule has 0 bridgehead atoms. The topological polar surface area (TPSA) is 37.8 Å². The maximum atomic E-state index is 6.03. The number of nitrogens with one attached hydrogen (secondary N) is 1. The summed E-state index contributed by atoms with van der Waals surface area (Å²) in [7, 11) is 0. The van der Waals surface area contributed by atoms with Crippen LogP contribution >= 0.6 is 22.9 Å². The normalized spacial score (nSPS) is 11.2. The molecule has 3 nitrogen and oxygen atoms in total. The fraction of sp³-hybridized carbons (Fsp3) is 0.400. The van der Waals surface area contributed by atoms with Crippen LogP contribution in [0, 0.1) is 5.92 Å². The molecule has 0 spiro atoms. The number of nitrogens with zero attached hydrogens (tertiary/aromatic N) is 2. The number of hydrogen-bond acceptors (Lipinski definition) is 4. The maximum absolute atomic E-state index is 6.03. The van der Waals surface area contributed by atoms with Crippen molar-refractivity contribution in [3.8, 4) is 0 Å². The third kappa shape index (κ3) is 2.38. The van der Waals surface area contributed by atoms with Crippen LogP contribution in [0.2, 0.25) is 5.15 Å². The zero-order valence-corrected chi connectivity index (χ0v) is 10.2.